The first-order valence-electron chi connectivity index (χ1n) is 11.1. The predicted octanol–water partition coefficient (Wildman–Crippen LogP) is 2.64. The van der Waals surface area contributed by atoms with E-state index >= 15 is 0 Å². The average molecular weight is 487 g/mol. The number of hydrogen-bond donors (Lipinski definition) is 2. The second-order valence-electron chi connectivity index (χ2n) is 8.43. The summed E-state index contributed by atoms with van der Waals surface area (Å²) in [5, 5.41) is 3.15. The topological polar surface area (TPSA) is 122 Å². The van der Waals surface area contributed by atoms with Crippen molar-refractivity contribution < 1.29 is 23.9 Å². The summed E-state index contributed by atoms with van der Waals surface area (Å²) in [6.45, 7) is 4.23. The van der Waals surface area contributed by atoms with Crippen LogP contribution in [0.4, 0.5) is 5.00 Å². The van der Waals surface area contributed by atoms with E-state index in [9.17, 15) is 19.2 Å². The molecule has 1 aromatic carbocycles. The summed E-state index contributed by atoms with van der Waals surface area (Å²) in [7, 11) is 3.26. The summed E-state index contributed by atoms with van der Waals surface area (Å²) in [5.74, 6) is -1.58. The molecule has 0 aliphatic heterocycles. The minimum atomic E-state index is -0.571. The predicted molar refractivity (Wildman–Crippen MR) is 130 cm³/mol. The van der Waals surface area contributed by atoms with Crippen molar-refractivity contribution in [3.8, 4) is 0 Å². The van der Waals surface area contributed by atoms with Gasteiger partial charge in [-0.25, -0.2) is 4.79 Å². The van der Waals surface area contributed by atoms with Crippen molar-refractivity contribution in [3.05, 3.63) is 51.4 Å². The zero-order valence-corrected chi connectivity index (χ0v) is 20.7. The molecule has 0 atom stereocenters. The van der Waals surface area contributed by atoms with Gasteiger partial charge in [0.1, 0.15) is 5.00 Å². The first-order valence-corrected chi connectivity index (χ1v) is 11.9. The molecule has 34 heavy (non-hydrogen) atoms. The van der Waals surface area contributed by atoms with Gasteiger partial charge in [0.05, 0.1) is 23.6 Å². The molecule has 3 amide bonds. The van der Waals surface area contributed by atoms with E-state index in [0.29, 0.717) is 33.6 Å². The Kier molecular flexibility index (Phi) is 8.06. The molecule has 0 unspecified atom stereocenters. The van der Waals surface area contributed by atoms with E-state index in [2.05, 4.69) is 10.2 Å². The number of nitrogens with zero attached hydrogens (tertiary/aromatic N) is 2. The highest BCUT2D eigenvalue weighted by Crippen LogP contribution is 2.35. The third-order valence-electron chi connectivity index (χ3n) is 5.51. The molecule has 182 valence electrons. The van der Waals surface area contributed by atoms with E-state index in [0.717, 1.165) is 29.7 Å². The normalized spacial score (nSPS) is 13.0. The van der Waals surface area contributed by atoms with Crippen LogP contribution in [0.5, 0.6) is 0 Å². The van der Waals surface area contributed by atoms with Gasteiger partial charge in [-0.1, -0.05) is 12.1 Å². The molecule has 0 spiro atoms. The Hall–Kier alpha value is -3.24. The first kappa shape index (κ1) is 25.4. The van der Waals surface area contributed by atoms with Crippen LogP contribution in [0.15, 0.2) is 24.3 Å². The van der Waals surface area contributed by atoms with Gasteiger partial charge in [-0.15, -0.1) is 11.3 Å². The van der Waals surface area contributed by atoms with Crippen LogP contribution in [0.2, 0.25) is 0 Å². The smallest absolute Gasteiger partial charge is 0.341 e. The maximum atomic E-state index is 13.0. The molecule has 0 radical (unpaired) electrons. The largest absolute Gasteiger partial charge is 0.462 e. The molecule has 10 heteroatoms. The zero-order chi connectivity index (χ0) is 25.0. The number of nitrogens with two attached hydrogens (primary N) is 1. The zero-order valence-electron chi connectivity index (χ0n) is 19.8. The van der Waals surface area contributed by atoms with Crippen molar-refractivity contribution in [1.82, 2.24) is 9.80 Å². The number of hydrogen-bond acceptors (Lipinski definition) is 7. The number of benzene rings is 1. The number of thiophene rings is 1. The highest BCUT2D eigenvalue weighted by Gasteiger charge is 2.32. The number of esters is 1. The van der Waals surface area contributed by atoms with Gasteiger partial charge in [0.15, 0.2) is 0 Å². The van der Waals surface area contributed by atoms with Gasteiger partial charge >= 0.3 is 5.97 Å². The third kappa shape index (κ3) is 6.00. The molecular weight excluding hydrogens is 456 g/mol. The molecule has 3 rings (SSSR count). The molecule has 0 saturated heterocycles. The van der Waals surface area contributed by atoms with E-state index in [-0.39, 0.29) is 30.5 Å². The second kappa shape index (κ2) is 10.8. The summed E-state index contributed by atoms with van der Waals surface area (Å²) in [6, 6.07) is 7.29. The van der Waals surface area contributed by atoms with Crippen LogP contribution in [0.1, 0.15) is 61.3 Å². The molecule has 1 saturated carbocycles. The summed E-state index contributed by atoms with van der Waals surface area (Å²) < 4.78 is 5.17. The average Bonchev–Trinajstić information content (AvgIpc) is 3.57. The second-order valence-corrected chi connectivity index (χ2v) is 9.45. The molecule has 1 aliphatic rings. The molecule has 9 nitrogen and oxygen atoms in total. The molecule has 1 heterocycles. The number of nitrogens with one attached hydrogen (secondary N) is 1. The van der Waals surface area contributed by atoms with Gasteiger partial charge in [-0.2, -0.15) is 0 Å². The lowest BCUT2D eigenvalue weighted by molar-refractivity contribution is -0.117. The maximum Gasteiger partial charge on any atom is 0.341 e. The lowest BCUT2D eigenvalue weighted by Gasteiger charge is -2.21. The summed E-state index contributed by atoms with van der Waals surface area (Å²) in [4.78, 5) is 53.3. The van der Waals surface area contributed by atoms with Crippen molar-refractivity contribution >= 4 is 40.0 Å². The minimum Gasteiger partial charge on any atom is -0.462 e. The Labute approximate surface area is 202 Å². The monoisotopic (exact) mass is 486 g/mol. The van der Waals surface area contributed by atoms with Crippen LogP contribution >= 0.6 is 11.3 Å². The molecule has 1 fully saturated rings. The lowest BCUT2D eigenvalue weighted by atomic mass is 10.1. The minimum absolute atomic E-state index is 0.123. The molecule has 1 aromatic heterocycles. The fraction of sp³-hybridized carbons (Fsp3) is 0.417. The molecule has 2 aromatic rings. The summed E-state index contributed by atoms with van der Waals surface area (Å²) >= 11 is 1.08. The Balaban J connectivity index is 1.77. The van der Waals surface area contributed by atoms with Crippen LogP contribution in [0.3, 0.4) is 0 Å². The van der Waals surface area contributed by atoms with Crippen LogP contribution in [0.25, 0.3) is 0 Å². The molecule has 0 bridgehead atoms. The van der Waals surface area contributed by atoms with Crippen LogP contribution in [-0.4, -0.2) is 66.8 Å². The van der Waals surface area contributed by atoms with E-state index in [1.165, 1.54) is 4.90 Å². The van der Waals surface area contributed by atoms with E-state index in [1.807, 2.05) is 12.1 Å². The van der Waals surface area contributed by atoms with Crippen molar-refractivity contribution in [2.75, 3.05) is 32.6 Å². The first-order chi connectivity index (χ1) is 16.1. The fourth-order valence-corrected chi connectivity index (χ4v) is 4.80. The van der Waals surface area contributed by atoms with E-state index in [4.69, 9.17) is 10.5 Å². The van der Waals surface area contributed by atoms with Gasteiger partial charge in [0, 0.05) is 32.2 Å². The van der Waals surface area contributed by atoms with Crippen LogP contribution < -0.4 is 11.1 Å². The number of carbonyl (C=O) groups is 4. The number of anilines is 1. The quantitative estimate of drug-likeness (QED) is 0.498. The highest BCUT2D eigenvalue weighted by atomic mass is 32.1. The SMILES string of the molecule is CCOC(=O)c1c(NC(=O)CN(Cc2ccc(C(N)=O)cc2)C2CC2)sc(C(=O)N(C)C)c1C. The van der Waals surface area contributed by atoms with E-state index in [1.54, 1.807) is 40.1 Å². The van der Waals surface area contributed by atoms with Crippen molar-refractivity contribution in [1.29, 1.82) is 0 Å². The maximum absolute atomic E-state index is 13.0. The third-order valence-corrected chi connectivity index (χ3v) is 6.71. The van der Waals surface area contributed by atoms with Gasteiger partial charge in [-0.05, 0) is 49.9 Å². The van der Waals surface area contributed by atoms with Crippen molar-refractivity contribution in [2.45, 2.75) is 39.3 Å². The van der Waals surface area contributed by atoms with Crippen LogP contribution in [-0.2, 0) is 16.1 Å². The van der Waals surface area contributed by atoms with Gasteiger partial charge < -0.3 is 20.7 Å². The number of amides is 3. The molecule has 1 aliphatic carbocycles. The highest BCUT2D eigenvalue weighted by molar-refractivity contribution is 7.18. The summed E-state index contributed by atoms with van der Waals surface area (Å²) in [6.07, 6.45) is 2.00. The molecular formula is C24H30N4O5S. The molecule has 3 N–H and O–H groups in total. The van der Waals surface area contributed by atoms with Gasteiger partial charge in [0.25, 0.3) is 5.91 Å². The fourth-order valence-electron chi connectivity index (χ4n) is 3.57. The number of rotatable bonds is 10. The number of ether oxygens (including phenoxy) is 1. The van der Waals surface area contributed by atoms with Crippen molar-refractivity contribution in [2.24, 2.45) is 5.73 Å². The number of primary amides is 1. The van der Waals surface area contributed by atoms with Crippen molar-refractivity contribution in [3.63, 3.8) is 0 Å². The van der Waals surface area contributed by atoms with Gasteiger partial charge in [-0.3, -0.25) is 19.3 Å². The van der Waals surface area contributed by atoms with E-state index < -0.39 is 11.9 Å². The van der Waals surface area contributed by atoms with Gasteiger partial charge in [0.2, 0.25) is 11.8 Å². The summed E-state index contributed by atoms with van der Waals surface area (Å²) in [5.41, 5.74) is 7.40. The Bertz CT molecular complexity index is 1090. The van der Waals surface area contributed by atoms with Crippen LogP contribution in [0, 0.1) is 6.92 Å². The lowest BCUT2D eigenvalue weighted by Crippen LogP contribution is -2.34. The number of carbonyl (C=O) groups excluding carboxylic acids is 4. The Morgan fingerprint density at radius 1 is 1.15 bits per heavy atom. The standard InChI is InChI=1S/C24H30N4O5S/c1-5-33-24(32)19-14(2)20(23(31)27(3)4)34-22(19)26-18(29)13-28(17-10-11-17)12-15-6-8-16(9-7-15)21(25)30/h6-9,17H,5,10-13H2,1-4H3,(H2,25,30)(H,26,29). The Morgan fingerprint density at radius 3 is 2.32 bits per heavy atom. The Morgan fingerprint density at radius 2 is 1.79 bits per heavy atom.